The zero-order valence-electron chi connectivity index (χ0n) is 11.0. The van der Waals surface area contributed by atoms with Crippen molar-refractivity contribution in [3.8, 4) is 0 Å². The van der Waals surface area contributed by atoms with Crippen molar-refractivity contribution in [2.45, 2.75) is 39.2 Å². The van der Waals surface area contributed by atoms with Gasteiger partial charge in [0.05, 0.1) is 12.6 Å². The Labute approximate surface area is 103 Å². The molecule has 1 atom stereocenters. The van der Waals surface area contributed by atoms with Crippen molar-refractivity contribution in [2.24, 2.45) is 0 Å². The van der Waals surface area contributed by atoms with Gasteiger partial charge in [-0.15, -0.1) is 0 Å². The van der Waals surface area contributed by atoms with Crippen molar-refractivity contribution in [1.82, 2.24) is 9.97 Å². The Morgan fingerprint density at radius 3 is 2.41 bits per heavy atom. The van der Waals surface area contributed by atoms with Gasteiger partial charge in [0, 0.05) is 12.6 Å². The molecule has 1 aromatic rings. The largest absolute Gasteiger partial charge is 0.394 e. The minimum atomic E-state index is 0.0344. The summed E-state index contributed by atoms with van der Waals surface area (Å²) >= 11 is 0. The summed E-state index contributed by atoms with van der Waals surface area (Å²) in [5, 5.41) is 15.6. The van der Waals surface area contributed by atoms with Crippen molar-refractivity contribution in [1.29, 1.82) is 0 Å². The number of aliphatic hydroxyl groups excluding tert-OH is 1. The average Bonchev–Trinajstić information content (AvgIpc) is 2.34. The van der Waals surface area contributed by atoms with Crippen molar-refractivity contribution in [3.63, 3.8) is 0 Å². The van der Waals surface area contributed by atoms with E-state index < -0.39 is 0 Å². The maximum absolute atomic E-state index is 9.22. The van der Waals surface area contributed by atoms with Gasteiger partial charge in [-0.3, -0.25) is 0 Å². The summed E-state index contributed by atoms with van der Waals surface area (Å²) in [6.45, 7) is 6.34. The van der Waals surface area contributed by atoms with Crippen LogP contribution in [0.15, 0.2) is 6.33 Å². The first-order chi connectivity index (χ1) is 8.13. The van der Waals surface area contributed by atoms with Gasteiger partial charge in [0.2, 0.25) is 0 Å². The molecule has 0 aliphatic rings. The Hall–Kier alpha value is -1.36. The molecule has 1 rings (SSSR count). The second-order valence-corrected chi connectivity index (χ2v) is 4.32. The van der Waals surface area contributed by atoms with Crippen LogP contribution in [0.2, 0.25) is 0 Å². The molecule has 1 unspecified atom stereocenters. The highest BCUT2D eigenvalue weighted by Gasteiger charge is 2.16. The minimum absolute atomic E-state index is 0.0344. The predicted octanol–water partition coefficient (Wildman–Crippen LogP) is 1.82. The Bertz CT molecular complexity index is 350. The molecule has 0 amide bonds. The lowest BCUT2D eigenvalue weighted by molar-refractivity contribution is 0.271. The molecule has 0 fully saturated rings. The smallest absolute Gasteiger partial charge is 0.135 e. The molecule has 0 spiro atoms. The van der Waals surface area contributed by atoms with Crippen LogP contribution in [0.5, 0.6) is 0 Å². The fourth-order valence-corrected chi connectivity index (χ4v) is 1.73. The SMILES string of the molecule is CCC(CO)Nc1ncnc(NC)c1C(C)C. The van der Waals surface area contributed by atoms with Crippen molar-refractivity contribution < 1.29 is 5.11 Å². The van der Waals surface area contributed by atoms with Gasteiger partial charge < -0.3 is 15.7 Å². The van der Waals surface area contributed by atoms with Crippen LogP contribution < -0.4 is 10.6 Å². The lowest BCUT2D eigenvalue weighted by atomic mass is 10.0. The zero-order chi connectivity index (χ0) is 12.8. The normalized spacial score (nSPS) is 12.6. The third-order valence-corrected chi connectivity index (χ3v) is 2.75. The van der Waals surface area contributed by atoms with Gasteiger partial charge in [-0.05, 0) is 12.3 Å². The van der Waals surface area contributed by atoms with Crippen LogP contribution in [-0.2, 0) is 0 Å². The van der Waals surface area contributed by atoms with Crippen molar-refractivity contribution in [2.75, 3.05) is 24.3 Å². The van der Waals surface area contributed by atoms with E-state index in [1.54, 1.807) is 0 Å². The molecule has 0 saturated carbocycles. The van der Waals surface area contributed by atoms with Crippen LogP contribution in [0.25, 0.3) is 0 Å². The molecule has 0 aromatic carbocycles. The molecule has 3 N–H and O–H groups in total. The third-order valence-electron chi connectivity index (χ3n) is 2.75. The second-order valence-electron chi connectivity index (χ2n) is 4.32. The van der Waals surface area contributed by atoms with Gasteiger partial charge in [0.1, 0.15) is 18.0 Å². The fraction of sp³-hybridized carbons (Fsp3) is 0.667. The predicted molar refractivity (Wildman–Crippen MR) is 70.5 cm³/mol. The molecule has 5 nitrogen and oxygen atoms in total. The average molecular weight is 238 g/mol. The number of nitrogens with one attached hydrogen (secondary N) is 2. The summed E-state index contributed by atoms with van der Waals surface area (Å²) in [4.78, 5) is 8.48. The Morgan fingerprint density at radius 1 is 1.29 bits per heavy atom. The maximum Gasteiger partial charge on any atom is 0.135 e. The molecule has 1 heterocycles. The Balaban J connectivity index is 3.05. The molecular formula is C12H22N4O. The van der Waals surface area contributed by atoms with E-state index in [0.29, 0.717) is 5.92 Å². The third kappa shape index (κ3) is 3.30. The summed E-state index contributed by atoms with van der Waals surface area (Å²) < 4.78 is 0. The molecular weight excluding hydrogens is 216 g/mol. The quantitative estimate of drug-likeness (QED) is 0.705. The Kier molecular flexibility index (Phi) is 5.15. The van der Waals surface area contributed by atoms with E-state index in [-0.39, 0.29) is 12.6 Å². The molecule has 5 heteroatoms. The highest BCUT2D eigenvalue weighted by Crippen LogP contribution is 2.28. The molecule has 0 aliphatic heterocycles. The molecule has 96 valence electrons. The molecule has 0 aliphatic carbocycles. The van der Waals surface area contributed by atoms with Gasteiger partial charge in [-0.25, -0.2) is 9.97 Å². The number of hydrogen-bond acceptors (Lipinski definition) is 5. The number of anilines is 2. The van der Waals surface area contributed by atoms with E-state index in [0.717, 1.165) is 23.6 Å². The zero-order valence-corrected chi connectivity index (χ0v) is 11.0. The summed E-state index contributed by atoms with van der Waals surface area (Å²) in [7, 11) is 1.85. The van der Waals surface area contributed by atoms with Crippen LogP contribution >= 0.6 is 0 Å². The first kappa shape index (κ1) is 13.7. The number of aliphatic hydroxyl groups is 1. The van der Waals surface area contributed by atoms with Crippen molar-refractivity contribution in [3.05, 3.63) is 11.9 Å². The minimum Gasteiger partial charge on any atom is -0.394 e. The van der Waals surface area contributed by atoms with E-state index in [9.17, 15) is 5.11 Å². The van der Waals surface area contributed by atoms with Crippen molar-refractivity contribution >= 4 is 11.6 Å². The topological polar surface area (TPSA) is 70.1 Å². The van der Waals surface area contributed by atoms with Gasteiger partial charge in [-0.2, -0.15) is 0 Å². The first-order valence-corrected chi connectivity index (χ1v) is 6.04. The highest BCUT2D eigenvalue weighted by molar-refractivity contribution is 5.59. The maximum atomic E-state index is 9.22. The van der Waals surface area contributed by atoms with Crippen LogP contribution in [0.4, 0.5) is 11.6 Å². The molecule has 0 bridgehead atoms. The van der Waals surface area contributed by atoms with E-state index in [1.165, 1.54) is 6.33 Å². The van der Waals surface area contributed by atoms with E-state index in [1.807, 2.05) is 14.0 Å². The number of hydrogen-bond donors (Lipinski definition) is 3. The van der Waals surface area contributed by atoms with E-state index >= 15 is 0 Å². The first-order valence-electron chi connectivity index (χ1n) is 6.04. The number of rotatable bonds is 6. The van der Waals surface area contributed by atoms with Crippen LogP contribution in [0.1, 0.15) is 38.7 Å². The standard InChI is InChI=1S/C12H22N4O/c1-5-9(6-17)16-12-10(8(2)3)11(13-4)14-7-15-12/h7-9,17H,5-6H2,1-4H3,(H2,13,14,15,16). The summed E-state index contributed by atoms with van der Waals surface area (Å²) in [5.41, 5.74) is 1.06. The Morgan fingerprint density at radius 2 is 1.94 bits per heavy atom. The van der Waals surface area contributed by atoms with E-state index in [2.05, 4.69) is 34.4 Å². The van der Waals surface area contributed by atoms with Crippen LogP contribution in [0, 0.1) is 0 Å². The van der Waals surface area contributed by atoms with Gasteiger partial charge >= 0.3 is 0 Å². The fourth-order valence-electron chi connectivity index (χ4n) is 1.73. The van der Waals surface area contributed by atoms with E-state index in [4.69, 9.17) is 0 Å². The lowest BCUT2D eigenvalue weighted by Crippen LogP contribution is -2.24. The van der Waals surface area contributed by atoms with Gasteiger partial charge in [0.25, 0.3) is 0 Å². The van der Waals surface area contributed by atoms with Crippen LogP contribution in [0.3, 0.4) is 0 Å². The number of nitrogens with zero attached hydrogens (tertiary/aromatic N) is 2. The monoisotopic (exact) mass is 238 g/mol. The molecule has 0 saturated heterocycles. The number of aromatic nitrogens is 2. The van der Waals surface area contributed by atoms with Gasteiger partial charge in [-0.1, -0.05) is 20.8 Å². The summed E-state index contributed by atoms with van der Waals surface area (Å²) in [5.74, 6) is 1.96. The highest BCUT2D eigenvalue weighted by atomic mass is 16.3. The summed E-state index contributed by atoms with van der Waals surface area (Å²) in [6, 6.07) is 0.0344. The summed E-state index contributed by atoms with van der Waals surface area (Å²) in [6.07, 6.45) is 2.39. The second kappa shape index (κ2) is 6.39. The molecule has 0 radical (unpaired) electrons. The molecule has 17 heavy (non-hydrogen) atoms. The van der Waals surface area contributed by atoms with Gasteiger partial charge in [0.15, 0.2) is 0 Å². The molecule has 1 aromatic heterocycles. The van der Waals surface area contributed by atoms with Crippen LogP contribution in [-0.4, -0.2) is 34.8 Å². The lowest BCUT2D eigenvalue weighted by Gasteiger charge is -2.20.